The van der Waals surface area contributed by atoms with Crippen molar-refractivity contribution >= 4 is 15.7 Å². The fourth-order valence-electron chi connectivity index (χ4n) is 0.798. The SMILES string of the molecule is CN(CCC(=O)NN)CCS(C)(=O)=O. The normalized spacial score (nSPS) is 11.7. The minimum absolute atomic E-state index is 0.105. The predicted molar refractivity (Wildman–Crippen MR) is 54.2 cm³/mol. The Morgan fingerprint density at radius 1 is 1.43 bits per heavy atom. The molecule has 0 spiro atoms. The van der Waals surface area contributed by atoms with Crippen LogP contribution >= 0.6 is 0 Å². The molecule has 0 saturated heterocycles. The zero-order chi connectivity index (χ0) is 11.2. The summed E-state index contributed by atoms with van der Waals surface area (Å²) in [6.45, 7) is 0.926. The van der Waals surface area contributed by atoms with Gasteiger partial charge in [0, 0.05) is 25.8 Å². The monoisotopic (exact) mass is 223 g/mol. The Labute approximate surface area is 84.3 Å². The first-order valence-electron chi connectivity index (χ1n) is 4.21. The van der Waals surface area contributed by atoms with Crippen molar-refractivity contribution in [2.75, 3.05) is 32.1 Å². The lowest BCUT2D eigenvalue weighted by Crippen LogP contribution is -2.34. The number of hydrogen-bond acceptors (Lipinski definition) is 5. The van der Waals surface area contributed by atoms with Gasteiger partial charge in [-0.1, -0.05) is 0 Å². The molecular formula is C7H17N3O3S. The molecule has 0 unspecified atom stereocenters. The van der Waals surface area contributed by atoms with Crippen LogP contribution in [-0.4, -0.2) is 51.4 Å². The van der Waals surface area contributed by atoms with Gasteiger partial charge in [0.15, 0.2) is 0 Å². The molecule has 7 heteroatoms. The van der Waals surface area contributed by atoms with Gasteiger partial charge in [-0.25, -0.2) is 14.3 Å². The second-order valence-electron chi connectivity index (χ2n) is 3.25. The van der Waals surface area contributed by atoms with Crippen LogP contribution in [0.4, 0.5) is 0 Å². The van der Waals surface area contributed by atoms with E-state index in [4.69, 9.17) is 5.84 Å². The summed E-state index contributed by atoms with van der Waals surface area (Å²) in [4.78, 5) is 12.5. The molecule has 1 amide bonds. The standard InChI is InChI=1S/C7H17N3O3S/c1-10(4-3-7(11)9-8)5-6-14(2,12)13/h3-6,8H2,1-2H3,(H,9,11). The molecule has 0 aliphatic heterocycles. The van der Waals surface area contributed by atoms with Crippen molar-refractivity contribution in [3.05, 3.63) is 0 Å². The number of hydrogen-bond donors (Lipinski definition) is 2. The molecule has 0 aromatic carbocycles. The Bertz CT molecular complexity index is 276. The number of nitrogens with one attached hydrogen (secondary N) is 1. The van der Waals surface area contributed by atoms with Gasteiger partial charge in [0.2, 0.25) is 5.91 Å². The first-order valence-corrected chi connectivity index (χ1v) is 6.27. The highest BCUT2D eigenvalue weighted by Crippen LogP contribution is 1.90. The molecule has 0 aromatic rings. The summed E-state index contributed by atoms with van der Waals surface area (Å²) < 4.78 is 21.6. The molecule has 0 radical (unpaired) electrons. The molecular weight excluding hydrogens is 206 g/mol. The lowest BCUT2D eigenvalue weighted by molar-refractivity contribution is -0.121. The lowest BCUT2D eigenvalue weighted by atomic mass is 10.4. The van der Waals surface area contributed by atoms with E-state index >= 15 is 0 Å². The van der Waals surface area contributed by atoms with E-state index in [9.17, 15) is 13.2 Å². The number of nitrogens with two attached hydrogens (primary N) is 1. The highest BCUT2D eigenvalue weighted by Gasteiger charge is 2.06. The second-order valence-corrected chi connectivity index (χ2v) is 5.51. The summed E-state index contributed by atoms with van der Waals surface area (Å²) in [5.41, 5.74) is 2.01. The van der Waals surface area contributed by atoms with Crippen LogP contribution in [0.2, 0.25) is 0 Å². The van der Waals surface area contributed by atoms with E-state index in [0.717, 1.165) is 0 Å². The van der Waals surface area contributed by atoms with Crippen LogP contribution in [0, 0.1) is 0 Å². The molecule has 14 heavy (non-hydrogen) atoms. The van der Waals surface area contributed by atoms with Crippen LogP contribution < -0.4 is 11.3 Å². The summed E-state index contributed by atoms with van der Waals surface area (Å²) >= 11 is 0. The fraction of sp³-hybridized carbons (Fsp3) is 0.857. The van der Waals surface area contributed by atoms with Crippen molar-refractivity contribution in [3.63, 3.8) is 0 Å². The average Bonchev–Trinajstić information content (AvgIpc) is 2.09. The Balaban J connectivity index is 3.66. The number of rotatable bonds is 6. The molecule has 0 saturated carbocycles. The van der Waals surface area contributed by atoms with Gasteiger partial charge >= 0.3 is 0 Å². The molecule has 3 N–H and O–H groups in total. The number of amides is 1. The van der Waals surface area contributed by atoms with E-state index in [1.54, 1.807) is 11.9 Å². The van der Waals surface area contributed by atoms with Gasteiger partial charge in [-0.2, -0.15) is 0 Å². The minimum Gasteiger partial charge on any atom is -0.305 e. The third-order valence-corrected chi connectivity index (χ3v) is 2.65. The minimum atomic E-state index is -2.93. The summed E-state index contributed by atoms with van der Waals surface area (Å²) in [7, 11) is -1.17. The second kappa shape index (κ2) is 5.94. The molecule has 6 nitrogen and oxygen atoms in total. The summed E-state index contributed by atoms with van der Waals surface area (Å²) in [5.74, 6) is 4.74. The summed E-state index contributed by atoms with van der Waals surface area (Å²) in [6, 6.07) is 0. The molecule has 0 aliphatic carbocycles. The van der Waals surface area contributed by atoms with Gasteiger partial charge in [-0.3, -0.25) is 10.2 Å². The van der Waals surface area contributed by atoms with Gasteiger partial charge in [-0.05, 0) is 7.05 Å². The first-order chi connectivity index (χ1) is 6.35. The Hall–Kier alpha value is -0.660. The molecule has 0 atom stereocenters. The number of nitrogens with zero attached hydrogens (tertiary/aromatic N) is 1. The predicted octanol–water partition coefficient (Wildman–Crippen LogP) is -1.66. The molecule has 0 rings (SSSR count). The Morgan fingerprint density at radius 3 is 2.43 bits per heavy atom. The van der Waals surface area contributed by atoms with E-state index in [0.29, 0.717) is 13.1 Å². The molecule has 0 aliphatic rings. The maximum absolute atomic E-state index is 10.8. The van der Waals surface area contributed by atoms with Gasteiger partial charge < -0.3 is 4.90 Å². The van der Waals surface area contributed by atoms with Crippen molar-refractivity contribution < 1.29 is 13.2 Å². The molecule has 84 valence electrons. The van der Waals surface area contributed by atoms with Crippen LogP contribution in [0.25, 0.3) is 0 Å². The summed E-state index contributed by atoms with van der Waals surface area (Å²) in [6.07, 6.45) is 1.46. The summed E-state index contributed by atoms with van der Waals surface area (Å²) in [5, 5.41) is 0. The topological polar surface area (TPSA) is 92.5 Å². The molecule has 0 bridgehead atoms. The third-order valence-electron chi connectivity index (χ3n) is 1.73. The zero-order valence-corrected chi connectivity index (χ0v) is 9.30. The van der Waals surface area contributed by atoms with E-state index in [1.165, 1.54) is 6.26 Å². The third kappa shape index (κ3) is 7.96. The molecule has 0 aromatic heterocycles. The quantitative estimate of drug-likeness (QED) is 0.319. The Kier molecular flexibility index (Phi) is 5.66. The zero-order valence-electron chi connectivity index (χ0n) is 8.49. The van der Waals surface area contributed by atoms with Gasteiger partial charge in [-0.15, -0.1) is 0 Å². The fourth-order valence-corrected chi connectivity index (χ4v) is 1.44. The van der Waals surface area contributed by atoms with Crippen molar-refractivity contribution in [2.45, 2.75) is 6.42 Å². The number of sulfone groups is 1. The van der Waals surface area contributed by atoms with Crippen LogP contribution in [-0.2, 0) is 14.6 Å². The number of carbonyl (C=O) groups excluding carboxylic acids is 1. The Morgan fingerprint density at radius 2 is 2.00 bits per heavy atom. The van der Waals surface area contributed by atoms with E-state index in [2.05, 4.69) is 0 Å². The molecule has 0 fully saturated rings. The van der Waals surface area contributed by atoms with E-state index < -0.39 is 9.84 Å². The van der Waals surface area contributed by atoms with Gasteiger partial charge in [0.05, 0.1) is 5.75 Å². The van der Waals surface area contributed by atoms with E-state index in [-0.39, 0.29) is 18.1 Å². The van der Waals surface area contributed by atoms with Gasteiger partial charge in [0.25, 0.3) is 0 Å². The largest absolute Gasteiger partial charge is 0.305 e. The highest BCUT2D eigenvalue weighted by molar-refractivity contribution is 7.90. The van der Waals surface area contributed by atoms with Crippen molar-refractivity contribution in [3.8, 4) is 0 Å². The average molecular weight is 223 g/mol. The van der Waals surface area contributed by atoms with Crippen LogP contribution in [0.15, 0.2) is 0 Å². The van der Waals surface area contributed by atoms with Crippen molar-refractivity contribution in [2.24, 2.45) is 5.84 Å². The number of carbonyl (C=O) groups is 1. The lowest BCUT2D eigenvalue weighted by Gasteiger charge is -2.14. The highest BCUT2D eigenvalue weighted by atomic mass is 32.2. The van der Waals surface area contributed by atoms with Crippen LogP contribution in [0.1, 0.15) is 6.42 Å². The van der Waals surface area contributed by atoms with Crippen molar-refractivity contribution in [1.82, 2.24) is 10.3 Å². The maximum Gasteiger partial charge on any atom is 0.235 e. The first kappa shape index (κ1) is 13.3. The number of hydrazine groups is 1. The van der Waals surface area contributed by atoms with E-state index in [1.807, 2.05) is 5.43 Å². The maximum atomic E-state index is 10.8. The smallest absolute Gasteiger partial charge is 0.235 e. The van der Waals surface area contributed by atoms with Crippen LogP contribution in [0.3, 0.4) is 0 Å². The van der Waals surface area contributed by atoms with Crippen LogP contribution in [0.5, 0.6) is 0 Å². The van der Waals surface area contributed by atoms with Crippen molar-refractivity contribution in [1.29, 1.82) is 0 Å². The molecule has 0 heterocycles. The van der Waals surface area contributed by atoms with Gasteiger partial charge in [0.1, 0.15) is 9.84 Å².